The molecule has 0 aromatic heterocycles. The number of nitrogens with one attached hydrogen (secondary N) is 5. The second kappa shape index (κ2) is 24.9. The van der Waals surface area contributed by atoms with E-state index in [9.17, 15) is 55.2 Å². The summed E-state index contributed by atoms with van der Waals surface area (Å²) < 4.78 is 55.5. The van der Waals surface area contributed by atoms with Crippen LogP contribution in [0, 0.1) is 63.1 Å². The van der Waals surface area contributed by atoms with E-state index < -0.39 is 123 Å². The molecule has 5 fully saturated rings. The zero-order valence-electron chi connectivity index (χ0n) is 55.1. The van der Waals surface area contributed by atoms with Gasteiger partial charge in [0.1, 0.15) is 24.2 Å². The molecule has 21 nitrogen and oxygen atoms in total. The summed E-state index contributed by atoms with van der Waals surface area (Å²) in [5.41, 5.74) is 1.48. The zero-order valence-corrected chi connectivity index (χ0v) is 56.7. The first-order valence-corrected chi connectivity index (χ1v) is 33.5. The molecule has 0 spiro atoms. The van der Waals surface area contributed by atoms with Gasteiger partial charge in [-0.15, -0.1) is 0 Å². The molecule has 7 N–H and O–H groups in total. The van der Waals surface area contributed by atoms with E-state index in [1.807, 2.05) is 83.1 Å². The summed E-state index contributed by atoms with van der Waals surface area (Å²) in [5.74, 6) is -3.68. The third-order valence-electron chi connectivity index (χ3n) is 18.6. The number of hydrogen-bond acceptors (Lipinski definition) is 13. The van der Waals surface area contributed by atoms with Gasteiger partial charge in [-0.3, -0.25) is 24.0 Å². The van der Waals surface area contributed by atoms with Crippen LogP contribution in [0.3, 0.4) is 0 Å². The number of rotatable bonds is 21. The van der Waals surface area contributed by atoms with Crippen LogP contribution >= 0.6 is 0 Å². The highest BCUT2D eigenvalue weighted by molar-refractivity contribution is 7.93. The van der Waals surface area contributed by atoms with Crippen LogP contribution in [0.1, 0.15) is 191 Å². The summed E-state index contributed by atoms with van der Waals surface area (Å²) in [6.07, 6.45) is 3.99. The number of carbonyl (C=O) groups excluding carboxylic acids is 8. The van der Waals surface area contributed by atoms with Gasteiger partial charge in [-0.05, 0) is 132 Å². The fourth-order valence-corrected chi connectivity index (χ4v) is 16.2. The lowest BCUT2D eigenvalue weighted by Gasteiger charge is -2.39. The number of carbonyl (C=O) groups is 8. The van der Waals surface area contributed by atoms with Gasteiger partial charge in [0.15, 0.2) is 19.7 Å². The van der Waals surface area contributed by atoms with Gasteiger partial charge in [0.2, 0.25) is 23.5 Å². The van der Waals surface area contributed by atoms with Gasteiger partial charge in [0, 0.05) is 19.0 Å². The number of sulfone groups is 2. The fourth-order valence-electron chi connectivity index (χ4n) is 13.3. The van der Waals surface area contributed by atoms with Crippen molar-refractivity contribution in [2.75, 3.05) is 31.7 Å². The van der Waals surface area contributed by atoms with E-state index in [1.54, 1.807) is 60.3 Å². The quantitative estimate of drug-likeness (QED) is 0.0543. The highest BCUT2D eigenvalue weighted by Crippen LogP contribution is 2.66. The summed E-state index contributed by atoms with van der Waals surface area (Å²) in [6.45, 7) is 41.0. The van der Waals surface area contributed by atoms with Crippen molar-refractivity contribution >= 4 is 67.1 Å². The van der Waals surface area contributed by atoms with Crippen LogP contribution in [0.4, 0.5) is 9.59 Å². The summed E-state index contributed by atoms with van der Waals surface area (Å²) in [6, 6.07) is -5.92. The lowest BCUT2D eigenvalue weighted by Crippen LogP contribution is -2.63. The topological polar surface area (TPSA) is 307 Å². The number of nitrogens with zero attached hydrogens (tertiary/aromatic N) is 2. The number of piperidine rings is 2. The number of urea groups is 2. The molecule has 5 aliphatic rings. The molecule has 0 radical (unpaired) electrons. The van der Waals surface area contributed by atoms with Crippen molar-refractivity contribution in [3.63, 3.8) is 0 Å². The molecule has 2 heterocycles. The van der Waals surface area contributed by atoms with Gasteiger partial charge in [0.25, 0.3) is 5.91 Å². The molecule has 4 unspecified atom stereocenters. The van der Waals surface area contributed by atoms with E-state index in [1.165, 1.54) is 12.0 Å². The number of likely N-dealkylation sites (tertiary alicyclic amines) is 2. The van der Waals surface area contributed by atoms with Crippen LogP contribution in [0.15, 0.2) is 0 Å². The molecule has 3 saturated carbocycles. The van der Waals surface area contributed by atoms with E-state index in [0.717, 1.165) is 19.3 Å². The predicted octanol–water partition coefficient (Wildman–Crippen LogP) is 6.31. The summed E-state index contributed by atoms with van der Waals surface area (Å²) in [7, 11) is -5.82. The number of primary amides is 1. The largest absolute Gasteiger partial charge is 0.467 e. The van der Waals surface area contributed by atoms with E-state index in [2.05, 4.69) is 40.4 Å². The second-order valence-corrected chi connectivity index (χ2v) is 37.5. The SMILES string of the molecule is CC(C)C[C@@](C)(CS(=O)(=O)C(C)(C)C)NC(=O)N[C@@H](C(=O)N1CC2[C@@H]([C@H]1C(=O)NC(CC1CCC1)C(=O)C(N)=O)C2(C)C)C(C)(C)C.COC(=O)[C@@H]1[C@@H]2C(CN1C(=O)C(NC(=O)N[C@@](C)(CC(C)C)CS(=O)(=O)C(C)(C)C)C(C)(C)C)C2(C)C. The molecule has 2 aliphatic heterocycles. The molecule has 482 valence electrons. The first kappa shape index (κ1) is 71.9. The number of ether oxygens (including phenoxy) is 1. The number of fused-ring (bicyclic) bond motifs is 2. The minimum Gasteiger partial charge on any atom is -0.467 e. The van der Waals surface area contributed by atoms with E-state index in [0.29, 0.717) is 32.4 Å². The molecule has 0 bridgehead atoms. The number of esters is 1. The Morgan fingerprint density at radius 3 is 1.24 bits per heavy atom. The van der Waals surface area contributed by atoms with Crippen molar-refractivity contribution in [3.05, 3.63) is 0 Å². The monoisotopic (exact) mass is 1220 g/mol. The van der Waals surface area contributed by atoms with Crippen LogP contribution in [0.5, 0.6) is 0 Å². The van der Waals surface area contributed by atoms with E-state index in [4.69, 9.17) is 10.5 Å². The first-order valence-electron chi connectivity index (χ1n) is 30.1. The Morgan fingerprint density at radius 2 is 0.940 bits per heavy atom. The van der Waals surface area contributed by atoms with Gasteiger partial charge in [-0.2, -0.15) is 0 Å². The highest BCUT2D eigenvalue weighted by Gasteiger charge is 2.71. The normalized spacial score (nSPS) is 25.3. The van der Waals surface area contributed by atoms with E-state index >= 15 is 0 Å². The van der Waals surface area contributed by atoms with Gasteiger partial charge in [-0.1, -0.05) is 116 Å². The van der Waals surface area contributed by atoms with Gasteiger partial charge in [0.05, 0.1) is 45.2 Å². The average Bonchev–Trinajstić information content (AvgIpc) is 1.58. The lowest BCUT2D eigenvalue weighted by molar-refractivity contribution is -0.154. The Kier molecular flexibility index (Phi) is 21.3. The molecule has 3 aliphatic carbocycles. The first-order chi connectivity index (χ1) is 37.7. The van der Waals surface area contributed by atoms with Crippen LogP contribution in [-0.2, 0) is 53.2 Å². The fraction of sp³-hybridized carbons (Fsp3) is 0.869. The molecule has 0 aromatic carbocycles. The molecule has 23 heteroatoms. The number of Topliss-reactive ketones (excluding diaryl/α,β-unsaturated/α-hetero) is 1. The summed E-state index contributed by atoms with van der Waals surface area (Å²) >= 11 is 0. The molecule has 8 amide bonds. The molecule has 84 heavy (non-hydrogen) atoms. The Bertz CT molecular complexity index is 2730. The molecular formula is C61H108N8O13S2. The maximum Gasteiger partial charge on any atom is 0.328 e. The Hall–Kier alpha value is -4.54. The van der Waals surface area contributed by atoms with Gasteiger partial charge in [-0.25, -0.2) is 31.2 Å². The molecule has 11 atom stereocenters. The molecule has 2 saturated heterocycles. The predicted molar refractivity (Wildman–Crippen MR) is 325 cm³/mol. The number of nitrogens with two attached hydrogens (primary N) is 1. The maximum atomic E-state index is 14.4. The molecular weight excluding hydrogens is 1120 g/mol. The number of amides is 8. The average molecular weight is 1230 g/mol. The van der Waals surface area contributed by atoms with Crippen LogP contribution in [-0.4, -0.2) is 157 Å². The van der Waals surface area contributed by atoms with Crippen molar-refractivity contribution < 1.29 is 59.9 Å². The maximum absolute atomic E-state index is 14.4. The Morgan fingerprint density at radius 1 is 0.583 bits per heavy atom. The highest BCUT2D eigenvalue weighted by atomic mass is 32.2. The Labute approximate surface area is 503 Å². The molecule has 0 aromatic rings. The number of ketones is 1. The van der Waals surface area contributed by atoms with Crippen LogP contribution in [0.25, 0.3) is 0 Å². The Balaban J connectivity index is 0.000000371. The van der Waals surface area contributed by atoms with Crippen molar-refractivity contribution in [1.29, 1.82) is 0 Å². The zero-order chi connectivity index (χ0) is 65.0. The standard InChI is InChI=1S/C34H59N5O7S.C27H49N3O6S/c1-19(2)16-34(11,18-47(45,46)32(6,7)8)38-30(44)37-26(31(3,4)5)29(43)39-17-21-23(33(21,9)10)24(39)28(42)36-22(25(40)27(35)41)15-20-13-12-14-20;1-16(2)13-27(11,15-37(34,35)25(6,7)8)29-23(33)28-20(24(3,4)5)21(31)30-14-17-18(26(17,9)10)19(30)22(32)36-12/h19-24,26H,12-18H2,1-11H3,(H2,35,41)(H,36,42)(H2,37,38,44);16-20H,13-15H2,1-12H3,(H2,28,29,33)/t21?,22?,23-,24-,26-,34-;17?,18-,19-,20?,27-/m00/s1. The molecule has 5 rings (SSSR count). The van der Waals surface area contributed by atoms with Crippen molar-refractivity contribution in [2.45, 2.75) is 242 Å². The second-order valence-electron chi connectivity index (χ2n) is 32.0. The number of methoxy groups -OCH3 is 1. The van der Waals surface area contributed by atoms with Gasteiger partial charge >= 0.3 is 18.0 Å². The van der Waals surface area contributed by atoms with E-state index in [-0.39, 0.29) is 69.7 Å². The van der Waals surface area contributed by atoms with Crippen LogP contribution < -0.4 is 32.3 Å². The van der Waals surface area contributed by atoms with Crippen molar-refractivity contribution in [1.82, 2.24) is 36.4 Å². The third-order valence-corrected chi connectivity index (χ3v) is 24.3. The third kappa shape index (κ3) is 16.5. The lowest BCUT2D eigenvalue weighted by atomic mass is 9.80. The van der Waals surface area contributed by atoms with Crippen molar-refractivity contribution in [2.24, 2.45) is 68.8 Å². The minimum absolute atomic E-state index is 0.0234. The minimum atomic E-state index is -3.60. The van der Waals surface area contributed by atoms with Gasteiger partial charge < -0.3 is 46.9 Å². The van der Waals surface area contributed by atoms with Crippen molar-refractivity contribution in [3.8, 4) is 0 Å². The summed E-state index contributed by atoms with van der Waals surface area (Å²) in [5, 5.41) is 14.2. The smallest absolute Gasteiger partial charge is 0.328 e. The summed E-state index contributed by atoms with van der Waals surface area (Å²) in [4.78, 5) is 109. The van der Waals surface area contributed by atoms with Crippen LogP contribution in [0.2, 0.25) is 0 Å². The number of hydrogen-bond donors (Lipinski definition) is 6.